The van der Waals surface area contributed by atoms with Crippen LogP contribution in [0.15, 0.2) is 43.0 Å². The van der Waals surface area contributed by atoms with Gasteiger partial charge in [0.05, 0.1) is 18.0 Å². The third-order valence-electron chi connectivity index (χ3n) is 4.86. The van der Waals surface area contributed by atoms with Crippen molar-refractivity contribution in [2.75, 3.05) is 11.9 Å². The maximum Gasteiger partial charge on any atom is 0.254 e. The zero-order valence-corrected chi connectivity index (χ0v) is 13.9. The number of hydrogen-bond donors (Lipinski definition) is 1. The number of ether oxygens (including phenoxy) is 1. The van der Waals surface area contributed by atoms with Crippen molar-refractivity contribution in [1.82, 2.24) is 19.9 Å². The number of pyridine rings is 1. The number of anilines is 1. The summed E-state index contributed by atoms with van der Waals surface area (Å²) in [6, 6.07) is 6.36. The molecule has 0 spiro atoms. The molecule has 0 radical (unpaired) electrons. The third-order valence-corrected chi connectivity index (χ3v) is 4.86. The molecule has 130 valence electrons. The Hall–Kier alpha value is -2.38. The molecule has 4 heterocycles. The fourth-order valence-electron chi connectivity index (χ4n) is 3.67. The normalized spacial score (nSPS) is 26.2. The minimum absolute atomic E-state index is 0.107. The molecule has 2 aromatic heterocycles. The summed E-state index contributed by atoms with van der Waals surface area (Å²) in [5.41, 5.74) is 1.07. The van der Waals surface area contributed by atoms with Crippen molar-refractivity contribution < 1.29 is 9.53 Å². The number of carbonyl (C=O) groups excluding carboxylic acids is 1. The van der Waals surface area contributed by atoms with E-state index < -0.39 is 6.10 Å². The molecular weight excluding hydrogens is 318 g/mol. The van der Waals surface area contributed by atoms with Gasteiger partial charge >= 0.3 is 0 Å². The average Bonchev–Trinajstić information content (AvgIpc) is 3.05. The highest BCUT2D eigenvalue weighted by atomic mass is 16.5. The fourth-order valence-corrected chi connectivity index (χ4v) is 3.67. The molecule has 0 bridgehead atoms. The molecule has 2 aliphatic rings. The lowest BCUT2D eigenvalue weighted by Crippen LogP contribution is -2.46. The largest absolute Gasteiger partial charge is 0.363 e. The summed E-state index contributed by atoms with van der Waals surface area (Å²) in [6.07, 6.45) is 8.80. The van der Waals surface area contributed by atoms with Crippen molar-refractivity contribution in [2.24, 2.45) is 0 Å². The van der Waals surface area contributed by atoms with Crippen molar-refractivity contribution in [3.8, 4) is 0 Å². The topological polar surface area (TPSA) is 80.2 Å². The van der Waals surface area contributed by atoms with Gasteiger partial charge in [-0.3, -0.25) is 19.7 Å². The van der Waals surface area contributed by atoms with Crippen molar-refractivity contribution in [3.63, 3.8) is 0 Å². The molecule has 1 N–H and O–H groups in total. The lowest BCUT2D eigenvalue weighted by Gasteiger charge is -2.35. The van der Waals surface area contributed by atoms with Crippen LogP contribution < -0.4 is 5.32 Å². The van der Waals surface area contributed by atoms with E-state index in [2.05, 4.69) is 25.2 Å². The van der Waals surface area contributed by atoms with Crippen LogP contribution in [0.2, 0.25) is 0 Å². The highest BCUT2D eigenvalue weighted by molar-refractivity contribution is 5.93. The van der Waals surface area contributed by atoms with E-state index in [4.69, 9.17) is 4.74 Å². The van der Waals surface area contributed by atoms with Crippen LogP contribution in [0.4, 0.5) is 5.82 Å². The minimum Gasteiger partial charge on any atom is -0.363 e. The van der Waals surface area contributed by atoms with E-state index in [1.54, 1.807) is 12.4 Å². The van der Waals surface area contributed by atoms with Gasteiger partial charge in [-0.05, 0) is 31.4 Å². The third kappa shape index (κ3) is 3.67. The van der Waals surface area contributed by atoms with E-state index in [1.165, 1.54) is 6.20 Å². The Morgan fingerprint density at radius 2 is 2.16 bits per heavy atom. The van der Waals surface area contributed by atoms with E-state index in [-0.39, 0.29) is 12.0 Å². The minimum atomic E-state index is -0.418. The van der Waals surface area contributed by atoms with Gasteiger partial charge in [-0.25, -0.2) is 4.98 Å². The number of fused-ring (bicyclic) bond motifs is 1. The number of aromatic nitrogens is 3. The number of likely N-dealkylation sites (tertiary alicyclic amines) is 1. The molecule has 3 atom stereocenters. The van der Waals surface area contributed by atoms with Gasteiger partial charge in [0.1, 0.15) is 6.10 Å². The number of hydrogen-bond acceptors (Lipinski definition) is 6. The number of rotatable bonds is 4. The van der Waals surface area contributed by atoms with E-state index in [1.807, 2.05) is 24.4 Å². The van der Waals surface area contributed by atoms with Gasteiger partial charge in [0.25, 0.3) is 5.91 Å². The molecule has 2 aliphatic heterocycles. The Labute approximate surface area is 146 Å². The smallest absolute Gasteiger partial charge is 0.254 e. The van der Waals surface area contributed by atoms with Gasteiger partial charge in [-0.15, -0.1) is 0 Å². The zero-order valence-electron chi connectivity index (χ0n) is 13.9. The molecule has 1 amide bonds. The quantitative estimate of drug-likeness (QED) is 0.912. The number of nitrogens with zero attached hydrogens (tertiary/aromatic N) is 4. The van der Waals surface area contributed by atoms with Crippen LogP contribution in [-0.2, 0) is 16.1 Å². The molecule has 7 heteroatoms. The number of amides is 1. The Bertz CT molecular complexity index is 712. The summed E-state index contributed by atoms with van der Waals surface area (Å²) in [7, 11) is 0. The lowest BCUT2D eigenvalue weighted by atomic mass is 9.98. The van der Waals surface area contributed by atoms with Gasteiger partial charge in [0, 0.05) is 37.7 Å². The van der Waals surface area contributed by atoms with Crippen LogP contribution >= 0.6 is 0 Å². The predicted octanol–water partition coefficient (Wildman–Crippen LogP) is 1.63. The average molecular weight is 339 g/mol. The van der Waals surface area contributed by atoms with Gasteiger partial charge in [-0.1, -0.05) is 6.07 Å². The first-order chi connectivity index (χ1) is 12.3. The second-order valence-corrected chi connectivity index (χ2v) is 6.47. The first kappa shape index (κ1) is 16.1. The molecule has 7 nitrogen and oxygen atoms in total. The molecule has 0 aliphatic carbocycles. The number of carbonyl (C=O) groups is 1. The summed E-state index contributed by atoms with van der Waals surface area (Å²) < 4.78 is 6.09. The Morgan fingerprint density at radius 3 is 2.96 bits per heavy atom. The first-order valence-electron chi connectivity index (χ1n) is 8.66. The summed E-state index contributed by atoms with van der Waals surface area (Å²) >= 11 is 0. The van der Waals surface area contributed by atoms with Crippen LogP contribution in [-0.4, -0.2) is 50.6 Å². The highest BCUT2D eigenvalue weighted by Gasteiger charge is 2.41. The first-order valence-corrected chi connectivity index (χ1v) is 8.66. The Kier molecular flexibility index (Phi) is 4.67. The molecule has 2 saturated heterocycles. The van der Waals surface area contributed by atoms with Crippen LogP contribution in [0.25, 0.3) is 0 Å². The lowest BCUT2D eigenvalue weighted by molar-refractivity contribution is -0.138. The molecule has 25 heavy (non-hydrogen) atoms. The summed E-state index contributed by atoms with van der Waals surface area (Å²) in [5, 5.41) is 2.78. The summed E-state index contributed by atoms with van der Waals surface area (Å²) in [6.45, 7) is 1.81. The van der Waals surface area contributed by atoms with Gasteiger partial charge < -0.3 is 10.1 Å². The Balaban J connectivity index is 1.34. The molecule has 0 saturated carbocycles. The van der Waals surface area contributed by atoms with E-state index >= 15 is 0 Å². The Morgan fingerprint density at radius 1 is 1.20 bits per heavy atom. The number of nitrogens with one attached hydrogen (secondary N) is 1. The highest BCUT2D eigenvalue weighted by Crippen LogP contribution is 2.32. The molecule has 0 unspecified atom stereocenters. The zero-order chi connectivity index (χ0) is 17.1. The van der Waals surface area contributed by atoms with Crippen LogP contribution in [0, 0.1) is 0 Å². The van der Waals surface area contributed by atoms with Crippen molar-refractivity contribution in [2.45, 2.75) is 44.1 Å². The second kappa shape index (κ2) is 7.25. The molecule has 4 rings (SSSR count). The van der Waals surface area contributed by atoms with Crippen LogP contribution in [0.5, 0.6) is 0 Å². The fraction of sp³-hybridized carbons (Fsp3) is 0.444. The van der Waals surface area contributed by atoms with Gasteiger partial charge in [0.2, 0.25) is 0 Å². The summed E-state index contributed by atoms with van der Waals surface area (Å²) in [5.74, 6) is 0.323. The maximum absolute atomic E-state index is 12.4. The van der Waals surface area contributed by atoms with E-state index in [0.29, 0.717) is 18.3 Å². The SMILES string of the molecule is O=C(Nc1cnccn1)[C@@H]1CC[C@H]2[C@H](CCN2Cc2ccccn2)O1. The van der Waals surface area contributed by atoms with Crippen molar-refractivity contribution in [3.05, 3.63) is 48.7 Å². The van der Waals surface area contributed by atoms with Crippen molar-refractivity contribution in [1.29, 1.82) is 0 Å². The van der Waals surface area contributed by atoms with Crippen molar-refractivity contribution >= 4 is 11.7 Å². The van der Waals surface area contributed by atoms with Crippen LogP contribution in [0.3, 0.4) is 0 Å². The van der Waals surface area contributed by atoms with E-state index in [0.717, 1.165) is 31.6 Å². The molecular formula is C18H21N5O2. The predicted molar refractivity (Wildman–Crippen MR) is 91.6 cm³/mol. The molecule has 2 fully saturated rings. The molecule has 2 aromatic rings. The summed E-state index contributed by atoms with van der Waals surface area (Å²) in [4.78, 5) is 27.3. The second-order valence-electron chi connectivity index (χ2n) is 6.47. The van der Waals surface area contributed by atoms with E-state index in [9.17, 15) is 4.79 Å². The monoisotopic (exact) mass is 339 g/mol. The van der Waals surface area contributed by atoms with Crippen LogP contribution in [0.1, 0.15) is 25.0 Å². The maximum atomic E-state index is 12.4. The van der Waals surface area contributed by atoms with Gasteiger partial charge in [-0.2, -0.15) is 0 Å². The standard InChI is InChI=1S/C18H21N5O2/c24-18(22-17-11-19-8-9-21-17)16-5-4-14-15(25-16)6-10-23(14)12-13-3-1-2-7-20-13/h1-3,7-9,11,14-16H,4-6,10,12H2,(H,21,22,24)/t14-,15-,16-/m0/s1. The van der Waals surface area contributed by atoms with Gasteiger partial charge in [0.15, 0.2) is 5.82 Å². The molecule has 0 aromatic carbocycles.